The normalized spacial score (nSPS) is 23.9. The van der Waals surface area contributed by atoms with Gasteiger partial charge in [0.2, 0.25) is 0 Å². The van der Waals surface area contributed by atoms with E-state index in [1.807, 2.05) is 11.4 Å². The van der Waals surface area contributed by atoms with Crippen molar-refractivity contribution in [2.45, 2.75) is 25.9 Å². The number of nitrogens with one attached hydrogen (secondary N) is 1. The van der Waals surface area contributed by atoms with Gasteiger partial charge in [-0.1, -0.05) is 6.92 Å². The third-order valence-corrected chi connectivity index (χ3v) is 4.61. The van der Waals surface area contributed by atoms with Crippen LogP contribution in [0, 0.1) is 5.92 Å². The van der Waals surface area contributed by atoms with Gasteiger partial charge in [-0.05, 0) is 34.8 Å². The summed E-state index contributed by atoms with van der Waals surface area (Å²) in [6.45, 7) is 3.66. The Morgan fingerprint density at radius 2 is 2.53 bits per heavy atom. The van der Waals surface area contributed by atoms with Crippen LogP contribution in [0.5, 0.6) is 0 Å². The van der Waals surface area contributed by atoms with Crippen molar-refractivity contribution < 1.29 is 9.53 Å². The smallest absolute Gasteiger partial charge is 0.252 e. The molecule has 2 rings (SSSR count). The molecule has 0 aliphatic carbocycles. The van der Waals surface area contributed by atoms with Crippen LogP contribution in [0.4, 0.5) is 0 Å². The molecule has 2 heterocycles. The van der Waals surface area contributed by atoms with Crippen molar-refractivity contribution in [3.05, 3.63) is 20.8 Å². The van der Waals surface area contributed by atoms with E-state index in [1.165, 1.54) is 11.3 Å². The van der Waals surface area contributed by atoms with Crippen molar-refractivity contribution >= 4 is 33.2 Å². The first-order chi connectivity index (χ1) is 8.20. The minimum absolute atomic E-state index is 0.00806. The third-order valence-electron chi connectivity index (χ3n) is 3.10. The molecule has 0 aromatic carbocycles. The number of rotatable bonds is 4. The molecule has 1 fully saturated rings. The number of thiophene rings is 1. The molecule has 1 aliphatic heterocycles. The number of carbonyl (C=O) groups excluding carboxylic acids is 1. The Bertz CT molecular complexity index is 394. The topological polar surface area (TPSA) is 38.3 Å². The standard InChI is InChI=1S/C12H16BrNO2S/c1-2-10-8(3-4-16-10)6-14-12(15)9-5-11(13)17-7-9/h5,7-8,10H,2-4,6H2,1H3,(H,14,15). The minimum atomic E-state index is 0.00806. The first kappa shape index (κ1) is 13.1. The van der Waals surface area contributed by atoms with Gasteiger partial charge in [-0.25, -0.2) is 0 Å². The maximum absolute atomic E-state index is 11.8. The van der Waals surface area contributed by atoms with Crippen molar-refractivity contribution in [2.24, 2.45) is 5.92 Å². The molecule has 0 spiro atoms. The van der Waals surface area contributed by atoms with Crippen LogP contribution in [-0.2, 0) is 4.74 Å². The molecular formula is C12H16BrNO2S. The number of ether oxygens (including phenoxy) is 1. The van der Waals surface area contributed by atoms with Gasteiger partial charge in [-0.2, -0.15) is 0 Å². The highest BCUT2D eigenvalue weighted by Gasteiger charge is 2.26. The average molecular weight is 318 g/mol. The Morgan fingerprint density at radius 1 is 1.71 bits per heavy atom. The number of hydrogen-bond acceptors (Lipinski definition) is 3. The van der Waals surface area contributed by atoms with Crippen molar-refractivity contribution in [1.29, 1.82) is 0 Å². The summed E-state index contributed by atoms with van der Waals surface area (Å²) in [6, 6.07) is 1.85. The van der Waals surface area contributed by atoms with E-state index in [2.05, 4.69) is 28.2 Å². The monoisotopic (exact) mass is 317 g/mol. The lowest BCUT2D eigenvalue weighted by atomic mass is 9.99. The zero-order valence-electron chi connectivity index (χ0n) is 9.74. The van der Waals surface area contributed by atoms with E-state index in [-0.39, 0.29) is 5.91 Å². The van der Waals surface area contributed by atoms with Crippen LogP contribution in [0.3, 0.4) is 0 Å². The lowest BCUT2D eigenvalue weighted by Crippen LogP contribution is -2.32. The fourth-order valence-electron chi connectivity index (χ4n) is 2.13. The van der Waals surface area contributed by atoms with Gasteiger partial charge in [0.15, 0.2) is 0 Å². The van der Waals surface area contributed by atoms with E-state index < -0.39 is 0 Å². The molecule has 94 valence electrons. The maximum Gasteiger partial charge on any atom is 0.252 e. The van der Waals surface area contributed by atoms with Gasteiger partial charge in [0.25, 0.3) is 5.91 Å². The summed E-state index contributed by atoms with van der Waals surface area (Å²) in [4.78, 5) is 11.8. The number of amides is 1. The summed E-state index contributed by atoms with van der Waals surface area (Å²) in [5.41, 5.74) is 0.730. The molecule has 1 aliphatic rings. The SMILES string of the molecule is CCC1OCCC1CNC(=O)c1csc(Br)c1. The van der Waals surface area contributed by atoms with Crippen LogP contribution in [0.15, 0.2) is 15.2 Å². The van der Waals surface area contributed by atoms with Crippen molar-refractivity contribution in [3.8, 4) is 0 Å². The molecule has 1 N–H and O–H groups in total. The highest BCUT2D eigenvalue weighted by Crippen LogP contribution is 2.23. The molecule has 1 amide bonds. The lowest BCUT2D eigenvalue weighted by molar-refractivity contribution is 0.0827. The fraction of sp³-hybridized carbons (Fsp3) is 0.583. The highest BCUT2D eigenvalue weighted by atomic mass is 79.9. The summed E-state index contributed by atoms with van der Waals surface area (Å²) < 4.78 is 6.58. The second-order valence-electron chi connectivity index (χ2n) is 4.22. The number of carbonyl (C=O) groups is 1. The Morgan fingerprint density at radius 3 is 3.18 bits per heavy atom. The van der Waals surface area contributed by atoms with E-state index in [9.17, 15) is 4.79 Å². The van der Waals surface area contributed by atoms with Crippen LogP contribution in [-0.4, -0.2) is 25.2 Å². The Hall–Kier alpha value is -0.390. The fourth-order valence-corrected chi connectivity index (χ4v) is 3.27. The van der Waals surface area contributed by atoms with Gasteiger partial charge in [0.1, 0.15) is 0 Å². The van der Waals surface area contributed by atoms with Gasteiger partial charge in [-0.3, -0.25) is 4.79 Å². The third kappa shape index (κ3) is 3.30. The second-order valence-corrected chi connectivity index (χ2v) is 6.51. The summed E-state index contributed by atoms with van der Waals surface area (Å²) in [5, 5.41) is 4.85. The lowest BCUT2D eigenvalue weighted by Gasteiger charge is -2.16. The average Bonchev–Trinajstić information content (AvgIpc) is 2.94. The largest absolute Gasteiger partial charge is 0.378 e. The molecule has 0 saturated carbocycles. The summed E-state index contributed by atoms with van der Waals surface area (Å²) >= 11 is 4.88. The van der Waals surface area contributed by atoms with E-state index >= 15 is 0 Å². The first-order valence-electron chi connectivity index (χ1n) is 5.84. The van der Waals surface area contributed by atoms with E-state index in [1.54, 1.807) is 0 Å². The van der Waals surface area contributed by atoms with E-state index in [0.717, 1.165) is 28.8 Å². The van der Waals surface area contributed by atoms with E-state index in [4.69, 9.17) is 4.74 Å². The zero-order valence-corrected chi connectivity index (χ0v) is 12.1. The summed E-state index contributed by atoms with van der Waals surface area (Å²) in [7, 11) is 0. The predicted molar refractivity (Wildman–Crippen MR) is 72.5 cm³/mol. The van der Waals surface area contributed by atoms with Gasteiger partial charge < -0.3 is 10.1 Å². The summed E-state index contributed by atoms with van der Waals surface area (Å²) in [6.07, 6.45) is 2.38. The Kier molecular flexibility index (Phi) is 4.59. The van der Waals surface area contributed by atoms with Crippen molar-refractivity contribution in [2.75, 3.05) is 13.2 Å². The van der Waals surface area contributed by atoms with Crippen molar-refractivity contribution in [3.63, 3.8) is 0 Å². The molecule has 3 nitrogen and oxygen atoms in total. The van der Waals surface area contributed by atoms with Crippen LogP contribution in [0.2, 0.25) is 0 Å². The molecule has 5 heteroatoms. The first-order valence-corrected chi connectivity index (χ1v) is 7.51. The molecule has 1 aromatic heterocycles. The van der Waals surface area contributed by atoms with E-state index in [0.29, 0.717) is 18.6 Å². The molecule has 0 radical (unpaired) electrons. The van der Waals surface area contributed by atoms with Gasteiger partial charge in [-0.15, -0.1) is 11.3 Å². The Labute approximate surface area is 114 Å². The van der Waals surface area contributed by atoms with Gasteiger partial charge in [0.05, 0.1) is 15.5 Å². The van der Waals surface area contributed by atoms with Crippen LogP contribution in [0.1, 0.15) is 30.1 Å². The van der Waals surface area contributed by atoms with Gasteiger partial charge in [0, 0.05) is 24.4 Å². The number of halogens is 1. The maximum atomic E-state index is 11.8. The van der Waals surface area contributed by atoms with Gasteiger partial charge >= 0.3 is 0 Å². The minimum Gasteiger partial charge on any atom is -0.378 e. The van der Waals surface area contributed by atoms with Crippen LogP contribution < -0.4 is 5.32 Å². The van der Waals surface area contributed by atoms with Crippen molar-refractivity contribution in [1.82, 2.24) is 5.32 Å². The number of hydrogen-bond donors (Lipinski definition) is 1. The predicted octanol–water partition coefficient (Wildman–Crippen LogP) is 3.06. The highest BCUT2D eigenvalue weighted by molar-refractivity contribution is 9.11. The van der Waals surface area contributed by atoms with Crippen LogP contribution in [0.25, 0.3) is 0 Å². The molecule has 2 atom stereocenters. The Balaban J connectivity index is 1.84. The molecule has 2 unspecified atom stereocenters. The summed E-state index contributed by atoms with van der Waals surface area (Å²) in [5.74, 6) is 0.472. The molecule has 1 saturated heterocycles. The second kappa shape index (κ2) is 5.98. The van der Waals surface area contributed by atoms with Crippen LogP contribution >= 0.6 is 27.3 Å². The quantitative estimate of drug-likeness (QED) is 0.926. The molecule has 1 aromatic rings. The molecule has 0 bridgehead atoms. The zero-order chi connectivity index (χ0) is 12.3. The molecule has 17 heavy (non-hydrogen) atoms. The molecular weight excluding hydrogens is 302 g/mol.